The number of hydrogen-bond donors (Lipinski definition) is 1. The van der Waals surface area contributed by atoms with Gasteiger partial charge in [-0.05, 0) is 41.5 Å². The lowest BCUT2D eigenvalue weighted by molar-refractivity contribution is -0.120. The number of nitrogens with zero attached hydrogens (tertiary/aromatic N) is 1. The summed E-state index contributed by atoms with van der Waals surface area (Å²) in [6.45, 7) is 0.269. The Kier molecular flexibility index (Phi) is 6.11. The number of halogens is 2. The maximum absolute atomic E-state index is 13.3. The van der Waals surface area contributed by atoms with Crippen LogP contribution in [0.1, 0.15) is 21.5 Å². The number of para-hydroxylation sites is 1. The molecule has 1 unspecified atom stereocenters. The van der Waals surface area contributed by atoms with Gasteiger partial charge in [0, 0.05) is 18.2 Å². The van der Waals surface area contributed by atoms with Gasteiger partial charge in [0.15, 0.2) is 11.6 Å². The number of amides is 1. The molecule has 6 nitrogen and oxygen atoms in total. The topological polar surface area (TPSA) is 77.5 Å². The molecule has 1 aliphatic rings. The van der Waals surface area contributed by atoms with E-state index in [1.165, 1.54) is 19.4 Å². The van der Waals surface area contributed by atoms with Crippen LogP contribution >= 0.6 is 0 Å². The molecule has 1 aromatic heterocycles. The molecule has 0 fully saturated rings. The average molecular weight is 438 g/mol. The zero-order chi connectivity index (χ0) is 22.7. The van der Waals surface area contributed by atoms with Crippen molar-refractivity contribution in [2.75, 3.05) is 13.7 Å². The first-order valence-corrected chi connectivity index (χ1v) is 9.98. The van der Waals surface area contributed by atoms with Gasteiger partial charge in [-0.2, -0.15) is 0 Å². The second kappa shape index (κ2) is 9.13. The smallest absolute Gasteiger partial charge is 0.339 e. The van der Waals surface area contributed by atoms with Crippen molar-refractivity contribution in [3.63, 3.8) is 0 Å². The summed E-state index contributed by atoms with van der Waals surface area (Å²) in [5.41, 5.74) is 3.17. The minimum Gasteiger partial charge on any atom is -0.487 e. The molecule has 0 saturated carbocycles. The van der Waals surface area contributed by atoms with Crippen LogP contribution in [0.4, 0.5) is 8.78 Å². The lowest BCUT2D eigenvalue weighted by Crippen LogP contribution is -2.35. The number of benzene rings is 2. The number of rotatable bonds is 6. The number of carbonyl (C=O) groups is 2. The summed E-state index contributed by atoms with van der Waals surface area (Å²) in [5, 5.41) is 2.78. The normalized spacial score (nSPS) is 14.4. The SMILES string of the molecule is COC(=O)c1ccc(-c2cccc3c2OC(CNC(=O)Cc2ccc(F)c(F)c2)C3)nc1. The number of carbonyl (C=O) groups excluding carboxylic acids is 2. The molecule has 0 radical (unpaired) electrons. The second-order valence-corrected chi connectivity index (χ2v) is 7.39. The number of aromatic nitrogens is 1. The minimum atomic E-state index is -0.981. The fourth-order valence-corrected chi connectivity index (χ4v) is 3.57. The van der Waals surface area contributed by atoms with Gasteiger partial charge in [-0.1, -0.05) is 18.2 Å². The highest BCUT2D eigenvalue weighted by atomic mass is 19.2. The van der Waals surface area contributed by atoms with E-state index in [9.17, 15) is 18.4 Å². The maximum Gasteiger partial charge on any atom is 0.339 e. The van der Waals surface area contributed by atoms with Crippen molar-refractivity contribution in [1.82, 2.24) is 10.3 Å². The van der Waals surface area contributed by atoms with Gasteiger partial charge >= 0.3 is 5.97 Å². The van der Waals surface area contributed by atoms with Crippen LogP contribution in [0.2, 0.25) is 0 Å². The van der Waals surface area contributed by atoms with Crippen molar-refractivity contribution >= 4 is 11.9 Å². The average Bonchev–Trinajstić information content (AvgIpc) is 3.23. The summed E-state index contributed by atoms with van der Waals surface area (Å²) in [5.74, 6) is -2.01. The number of pyridine rings is 1. The highest BCUT2D eigenvalue weighted by Gasteiger charge is 2.26. The third-order valence-corrected chi connectivity index (χ3v) is 5.16. The lowest BCUT2D eigenvalue weighted by Gasteiger charge is -2.13. The summed E-state index contributed by atoms with van der Waals surface area (Å²) in [4.78, 5) is 28.2. The number of methoxy groups -OCH3 is 1. The van der Waals surface area contributed by atoms with Gasteiger partial charge < -0.3 is 14.8 Å². The lowest BCUT2D eigenvalue weighted by atomic mass is 10.0. The second-order valence-electron chi connectivity index (χ2n) is 7.39. The number of fused-ring (bicyclic) bond motifs is 1. The highest BCUT2D eigenvalue weighted by Crippen LogP contribution is 2.38. The molecule has 32 heavy (non-hydrogen) atoms. The zero-order valence-electron chi connectivity index (χ0n) is 17.2. The monoisotopic (exact) mass is 438 g/mol. The number of nitrogens with one attached hydrogen (secondary N) is 1. The molecule has 3 aromatic rings. The van der Waals surface area contributed by atoms with Crippen molar-refractivity contribution in [2.45, 2.75) is 18.9 Å². The van der Waals surface area contributed by atoms with E-state index >= 15 is 0 Å². The van der Waals surface area contributed by atoms with Crippen LogP contribution in [0.25, 0.3) is 11.3 Å². The van der Waals surface area contributed by atoms with Gasteiger partial charge in [-0.25, -0.2) is 13.6 Å². The van der Waals surface area contributed by atoms with E-state index in [2.05, 4.69) is 10.3 Å². The quantitative estimate of drug-likeness (QED) is 0.597. The molecule has 1 amide bonds. The van der Waals surface area contributed by atoms with E-state index < -0.39 is 17.6 Å². The molecular formula is C24H20F2N2O4. The van der Waals surface area contributed by atoms with E-state index in [0.29, 0.717) is 29.0 Å². The van der Waals surface area contributed by atoms with Crippen LogP contribution < -0.4 is 10.1 Å². The van der Waals surface area contributed by atoms with E-state index in [-0.39, 0.29) is 25.0 Å². The Balaban J connectivity index is 1.39. The van der Waals surface area contributed by atoms with Gasteiger partial charge in [0.2, 0.25) is 5.91 Å². The third-order valence-electron chi connectivity index (χ3n) is 5.16. The zero-order valence-corrected chi connectivity index (χ0v) is 17.2. The van der Waals surface area contributed by atoms with E-state index in [0.717, 1.165) is 23.3 Å². The van der Waals surface area contributed by atoms with Crippen molar-refractivity contribution in [2.24, 2.45) is 0 Å². The predicted molar refractivity (Wildman–Crippen MR) is 112 cm³/mol. The van der Waals surface area contributed by atoms with Crippen molar-refractivity contribution in [1.29, 1.82) is 0 Å². The molecule has 2 aromatic carbocycles. The number of esters is 1. The van der Waals surface area contributed by atoms with Crippen LogP contribution in [-0.4, -0.2) is 36.6 Å². The molecule has 8 heteroatoms. The first-order valence-electron chi connectivity index (χ1n) is 9.98. The van der Waals surface area contributed by atoms with Gasteiger partial charge in [-0.15, -0.1) is 0 Å². The first-order chi connectivity index (χ1) is 15.4. The Morgan fingerprint density at radius 3 is 2.72 bits per heavy atom. The Morgan fingerprint density at radius 1 is 1.16 bits per heavy atom. The van der Waals surface area contributed by atoms with E-state index in [1.54, 1.807) is 12.1 Å². The molecular weight excluding hydrogens is 418 g/mol. The van der Waals surface area contributed by atoms with Crippen LogP contribution in [0.5, 0.6) is 5.75 Å². The summed E-state index contributed by atoms with van der Waals surface area (Å²) in [6, 6.07) is 12.5. The molecule has 0 bridgehead atoms. The molecule has 164 valence electrons. The van der Waals surface area contributed by atoms with Crippen molar-refractivity contribution in [3.8, 4) is 17.0 Å². The predicted octanol–water partition coefficient (Wildman–Crippen LogP) is 3.48. The Morgan fingerprint density at radius 2 is 2.00 bits per heavy atom. The molecule has 1 aliphatic heterocycles. The molecule has 0 saturated heterocycles. The fraction of sp³-hybridized carbons (Fsp3) is 0.208. The molecule has 0 aliphatic carbocycles. The number of ether oxygens (including phenoxy) is 2. The summed E-state index contributed by atoms with van der Waals surface area (Å²) in [6.07, 6.45) is 1.73. The highest BCUT2D eigenvalue weighted by molar-refractivity contribution is 5.89. The molecule has 4 rings (SSSR count). The standard InChI is InChI=1S/C24H20F2N2O4/c1-31-24(30)16-6-8-21(27-12-16)18-4-2-3-15-11-17(32-23(15)18)13-28-22(29)10-14-5-7-19(25)20(26)9-14/h2-9,12,17H,10-11,13H2,1H3,(H,28,29). The van der Waals surface area contributed by atoms with Crippen molar-refractivity contribution < 1.29 is 27.8 Å². The van der Waals surface area contributed by atoms with Gasteiger partial charge in [0.1, 0.15) is 11.9 Å². The molecule has 2 heterocycles. The Labute approximate surface area is 183 Å². The van der Waals surface area contributed by atoms with Crippen LogP contribution in [-0.2, 0) is 22.4 Å². The minimum absolute atomic E-state index is 0.0570. The largest absolute Gasteiger partial charge is 0.487 e. The fourth-order valence-electron chi connectivity index (χ4n) is 3.57. The molecule has 1 atom stereocenters. The van der Waals surface area contributed by atoms with Gasteiger partial charge in [0.05, 0.1) is 31.3 Å². The van der Waals surface area contributed by atoms with E-state index in [4.69, 9.17) is 9.47 Å². The Hall–Kier alpha value is -3.81. The molecule has 1 N–H and O–H groups in total. The summed E-state index contributed by atoms with van der Waals surface area (Å²) in [7, 11) is 1.31. The van der Waals surface area contributed by atoms with Crippen LogP contribution in [0, 0.1) is 11.6 Å². The van der Waals surface area contributed by atoms with Gasteiger partial charge in [0.25, 0.3) is 0 Å². The summed E-state index contributed by atoms with van der Waals surface area (Å²) < 4.78 is 37.1. The van der Waals surface area contributed by atoms with Gasteiger partial charge in [-0.3, -0.25) is 9.78 Å². The van der Waals surface area contributed by atoms with Crippen molar-refractivity contribution in [3.05, 3.63) is 83.1 Å². The third kappa shape index (κ3) is 4.59. The maximum atomic E-state index is 13.3. The number of hydrogen-bond acceptors (Lipinski definition) is 5. The van der Waals surface area contributed by atoms with Crippen LogP contribution in [0.15, 0.2) is 54.7 Å². The summed E-state index contributed by atoms with van der Waals surface area (Å²) >= 11 is 0. The molecule has 0 spiro atoms. The Bertz CT molecular complexity index is 1170. The first kappa shape index (κ1) is 21.4. The van der Waals surface area contributed by atoms with Crippen LogP contribution in [0.3, 0.4) is 0 Å². The van der Waals surface area contributed by atoms with E-state index in [1.807, 2.05) is 18.2 Å².